The zero-order valence-corrected chi connectivity index (χ0v) is 12.8. The molecule has 0 aromatic heterocycles. The summed E-state index contributed by atoms with van der Waals surface area (Å²) in [7, 11) is 0. The summed E-state index contributed by atoms with van der Waals surface area (Å²) in [5.74, 6) is 6.42. The summed E-state index contributed by atoms with van der Waals surface area (Å²) >= 11 is 0. The fourth-order valence-electron chi connectivity index (χ4n) is 2.53. The van der Waals surface area contributed by atoms with Gasteiger partial charge in [0.1, 0.15) is 0 Å². The van der Waals surface area contributed by atoms with Crippen molar-refractivity contribution >= 4 is 0 Å². The zero-order chi connectivity index (χ0) is 14.1. The molecule has 1 atom stereocenters. The van der Waals surface area contributed by atoms with E-state index in [2.05, 4.69) is 50.5 Å². The van der Waals surface area contributed by atoms with Gasteiger partial charge in [-0.2, -0.15) is 0 Å². The van der Waals surface area contributed by atoms with Crippen molar-refractivity contribution in [3.05, 3.63) is 35.4 Å². The second-order valence-corrected chi connectivity index (χ2v) is 5.91. The molecule has 3 N–H and O–H groups in total. The van der Waals surface area contributed by atoms with Gasteiger partial charge in [-0.05, 0) is 29.9 Å². The van der Waals surface area contributed by atoms with Crippen molar-refractivity contribution in [2.24, 2.45) is 11.8 Å². The van der Waals surface area contributed by atoms with Crippen LogP contribution in [-0.4, -0.2) is 0 Å². The minimum atomic E-state index is 0.295. The molecule has 1 unspecified atom stereocenters. The van der Waals surface area contributed by atoms with Crippen LogP contribution in [0.3, 0.4) is 0 Å². The Labute approximate surface area is 118 Å². The van der Waals surface area contributed by atoms with Crippen LogP contribution in [0.1, 0.15) is 70.0 Å². The van der Waals surface area contributed by atoms with Gasteiger partial charge < -0.3 is 0 Å². The third-order valence-electron chi connectivity index (χ3n) is 3.54. The average Bonchev–Trinajstić information content (AvgIpc) is 2.38. The molecule has 0 saturated carbocycles. The summed E-state index contributed by atoms with van der Waals surface area (Å²) < 4.78 is 0. The number of nitrogens with one attached hydrogen (secondary N) is 1. The molecule has 19 heavy (non-hydrogen) atoms. The molecular weight excluding hydrogens is 232 g/mol. The van der Waals surface area contributed by atoms with E-state index in [9.17, 15) is 0 Å². The lowest BCUT2D eigenvalue weighted by Crippen LogP contribution is -2.28. The number of unbranched alkanes of at least 4 members (excludes halogenated alkanes) is 3. The van der Waals surface area contributed by atoms with Crippen molar-refractivity contribution in [3.63, 3.8) is 0 Å². The van der Waals surface area contributed by atoms with Crippen molar-refractivity contribution in [1.82, 2.24) is 5.43 Å². The first-order chi connectivity index (χ1) is 9.17. The van der Waals surface area contributed by atoms with E-state index in [1.54, 1.807) is 0 Å². The lowest BCUT2D eigenvalue weighted by Gasteiger charge is -2.17. The van der Waals surface area contributed by atoms with Crippen LogP contribution in [0, 0.1) is 5.92 Å². The molecule has 0 amide bonds. The Bertz CT molecular complexity index is 347. The fraction of sp³-hybridized carbons (Fsp3) is 0.647. The highest BCUT2D eigenvalue weighted by Crippen LogP contribution is 2.21. The molecule has 1 rings (SSSR count). The largest absolute Gasteiger partial charge is 0.271 e. The summed E-state index contributed by atoms with van der Waals surface area (Å²) in [6.07, 6.45) is 7.43. The first-order valence-corrected chi connectivity index (χ1v) is 7.72. The highest BCUT2D eigenvalue weighted by molar-refractivity contribution is 5.26. The molecule has 0 aliphatic rings. The van der Waals surface area contributed by atoms with Gasteiger partial charge >= 0.3 is 0 Å². The lowest BCUT2D eigenvalue weighted by molar-refractivity contribution is 0.481. The molecule has 0 spiro atoms. The Morgan fingerprint density at radius 2 is 1.95 bits per heavy atom. The van der Waals surface area contributed by atoms with Gasteiger partial charge in [0.15, 0.2) is 0 Å². The maximum atomic E-state index is 5.72. The Kier molecular flexibility index (Phi) is 7.76. The molecule has 0 bridgehead atoms. The van der Waals surface area contributed by atoms with Gasteiger partial charge in [-0.1, -0.05) is 70.7 Å². The summed E-state index contributed by atoms with van der Waals surface area (Å²) in [6, 6.07) is 9.17. The second-order valence-electron chi connectivity index (χ2n) is 5.91. The van der Waals surface area contributed by atoms with E-state index >= 15 is 0 Å². The number of rotatable bonds is 9. The summed E-state index contributed by atoms with van der Waals surface area (Å²) in [4.78, 5) is 0. The molecule has 1 aromatic rings. The molecular formula is C17H30N2. The van der Waals surface area contributed by atoms with Crippen molar-refractivity contribution in [2.75, 3.05) is 0 Å². The number of hydrogen-bond acceptors (Lipinski definition) is 2. The quantitative estimate of drug-likeness (QED) is 0.394. The number of nitrogens with two attached hydrogens (primary N) is 1. The topological polar surface area (TPSA) is 38.0 Å². The lowest BCUT2D eigenvalue weighted by atomic mass is 9.96. The molecule has 0 radical (unpaired) electrons. The number of benzene rings is 1. The van der Waals surface area contributed by atoms with Crippen molar-refractivity contribution in [1.29, 1.82) is 0 Å². The van der Waals surface area contributed by atoms with Crippen LogP contribution in [0.25, 0.3) is 0 Å². The van der Waals surface area contributed by atoms with Crippen LogP contribution < -0.4 is 11.3 Å². The van der Waals surface area contributed by atoms with Gasteiger partial charge in [0.25, 0.3) is 0 Å². The average molecular weight is 262 g/mol. The van der Waals surface area contributed by atoms with Crippen LogP contribution in [0.5, 0.6) is 0 Å². The molecule has 0 saturated heterocycles. The van der Waals surface area contributed by atoms with Gasteiger partial charge in [0, 0.05) is 6.04 Å². The first kappa shape index (κ1) is 16.2. The van der Waals surface area contributed by atoms with Crippen LogP contribution in [0.4, 0.5) is 0 Å². The Morgan fingerprint density at radius 3 is 2.58 bits per heavy atom. The molecule has 0 heterocycles. The highest BCUT2D eigenvalue weighted by atomic mass is 15.2. The number of hydrazine groups is 1. The highest BCUT2D eigenvalue weighted by Gasteiger charge is 2.10. The molecule has 0 aliphatic heterocycles. The number of hydrogen-bond donors (Lipinski definition) is 2. The molecule has 2 heteroatoms. The summed E-state index contributed by atoms with van der Waals surface area (Å²) in [5, 5.41) is 0. The van der Waals surface area contributed by atoms with Crippen LogP contribution in [0.2, 0.25) is 0 Å². The van der Waals surface area contributed by atoms with Crippen LogP contribution >= 0.6 is 0 Å². The minimum absolute atomic E-state index is 0.295. The minimum Gasteiger partial charge on any atom is -0.271 e. The van der Waals surface area contributed by atoms with E-state index in [4.69, 9.17) is 5.84 Å². The van der Waals surface area contributed by atoms with E-state index < -0.39 is 0 Å². The molecule has 1 aromatic carbocycles. The van der Waals surface area contributed by atoms with Crippen molar-refractivity contribution in [3.8, 4) is 0 Å². The molecule has 0 fully saturated rings. The third kappa shape index (κ3) is 6.22. The van der Waals surface area contributed by atoms with E-state index in [1.807, 2.05) is 0 Å². The predicted molar refractivity (Wildman–Crippen MR) is 83.8 cm³/mol. The van der Waals surface area contributed by atoms with Gasteiger partial charge in [0.05, 0.1) is 0 Å². The van der Waals surface area contributed by atoms with E-state index in [0.29, 0.717) is 12.0 Å². The van der Waals surface area contributed by atoms with Crippen molar-refractivity contribution in [2.45, 2.75) is 65.3 Å². The monoisotopic (exact) mass is 262 g/mol. The smallest absolute Gasteiger partial charge is 0.0460 e. The maximum absolute atomic E-state index is 5.72. The standard InChI is InChI=1S/C17H30N2/c1-4-5-6-7-11-17(19-18)16-10-8-9-15(13-16)12-14(2)3/h8-10,13-14,17,19H,4-7,11-12,18H2,1-3H3. The summed E-state index contributed by atoms with van der Waals surface area (Å²) in [5.41, 5.74) is 5.72. The van der Waals surface area contributed by atoms with Gasteiger partial charge in [0.2, 0.25) is 0 Å². The summed E-state index contributed by atoms with van der Waals surface area (Å²) in [6.45, 7) is 6.76. The van der Waals surface area contributed by atoms with Crippen LogP contribution in [0.15, 0.2) is 24.3 Å². The van der Waals surface area contributed by atoms with Gasteiger partial charge in [-0.15, -0.1) is 0 Å². The Balaban J connectivity index is 2.59. The normalized spacial score (nSPS) is 12.9. The van der Waals surface area contributed by atoms with Crippen LogP contribution in [-0.2, 0) is 6.42 Å². The predicted octanol–water partition coefficient (Wildman–Crippen LogP) is 4.36. The molecule has 108 valence electrons. The van der Waals surface area contributed by atoms with Crippen molar-refractivity contribution < 1.29 is 0 Å². The second kappa shape index (κ2) is 9.11. The Hall–Kier alpha value is -0.860. The Morgan fingerprint density at radius 1 is 1.16 bits per heavy atom. The fourth-order valence-corrected chi connectivity index (χ4v) is 2.53. The zero-order valence-electron chi connectivity index (χ0n) is 12.8. The molecule has 2 nitrogen and oxygen atoms in total. The van der Waals surface area contributed by atoms with E-state index in [-0.39, 0.29) is 0 Å². The van der Waals surface area contributed by atoms with Gasteiger partial charge in [-0.25, -0.2) is 0 Å². The third-order valence-corrected chi connectivity index (χ3v) is 3.54. The van der Waals surface area contributed by atoms with E-state index in [1.165, 1.54) is 36.8 Å². The maximum Gasteiger partial charge on any atom is 0.0460 e. The van der Waals surface area contributed by atoms with Gasteiger partial charge in [-0.3, -0.25) is 11.3 Å². The van der Waals surface area contributed by atoms with E-state index in [0.717, 1.165) is 12.8 Å². The molecule has 0 aliphatic carbocycles. The first-order valence-electron chi connectivity index (χ1n) is 7.72. The SMILES string of the molecule is CCCCCCC(NN)c1cccc(CC(C)C)c1.